The van der Waals surface area contributed by atoms with Crippen LogP contribution in [0.1, 0.15) is 33.1 Å². The largest absolute Gasteiger partial charge is 0.355 e. The number of hydrogen-bond donors (Lipinski definition) is 2. The van der Waals surface area contributed by atoms with Crippen LogP contribution in [0.4, 0.5) is 0 Å². The molecule has 0 radical (unpaired) electrons. The van der Waals surface area contributed by atoms with E-state index in [0.29, 0.717) is 5.92 Å². The molecule has 0 bridgehead atoms. The fourth-order valence-corrected chi connectivity index (χ4v) is 1.51. The van der Waals surface area contributed by atoms with Crippen LogP contribution < -0.4 is 10.6 Å². The Labute approximate surface area is 80.3 Å². The van der Waals surface area contributed by atoms with Crippen LogP contribution in [0.25, 0.3) is 0 Å². The van der Waals surface area contributed by atoms with Gasteiger partial charge in [-0.05, 0) is 31.7 Å². The third kappa shape index (κ3) is 3.77. The molecule has 1 aliphatic rings. The van der Waals surface area contributed by atoms with E-state index in [1.807, 2.05) is 0 Å². The molecular weight excluding hydrogens is 164 g/mol. The number of nitrogens with one attached hydrogen (secondary N) is 2. The van der Waals surface area contributed by atoms with E-state index in [1.165, 1.54) is 0 Å². The van der Waals surface area contributed by atoms with Crippen LogP contribution in [0.3, 0.4) is 0 Å². The van der Waals surface area contributed by atoms with E-state index >= 15 is 0 Å². The van der Waals surface area contributed by atoms with Gasteiger partial charge in [0, 0.05) is 6.54 Å². The summed E-state index contributed by atoms with van der Waals surface area (Å²) in [6.45, 7) is 6.08. The molecule has 1 amide bonds. The SMILES string of the molecule is CC(C)CN[C@H]1CCCCNC1=O. The van der Waals surface area contributed by atoms with Crippen LogP contribution in [-0.2, 0) is 4.79 Å². The Morgan fingerprint density at radius 1 is 1.54 bits per heavy atom. The molecule has 76 valence electrons. The molecule has 0 spiro atoms. The lowest BCUT2D eigenvalue weighted by Crippen LogP contribution is -2.43. The van der Waals surface area contributed by atoms with Crippen molar-refractivity contribution in [2.45, 2.75) is 39.2 Å². The lowest BCUT2D eigenvalue weighted by molar-refractivity contribution is -0.122. The van der Waals surface area contributed by atoms with Crippen LogP contribution in [0.2, 0.25) is 0 Å². The lowest BCUT2D eigenvalue weighted by Gasteiger charge is -2.16. The number of carbonyl (C=O) groups is 1. The van der Waals surface area contributed by atoms with Crippen LogP contribution in [-0.4, -0.2) is 25.0 Å². The number of rotatable bonds is 3. The van der Waals surface area contributed by atoms with Crippen molar-refractivity contribution in [3.63, 3.8) is 0 Å². The van der Waals surface area contributed by atoms with Gasteiger partial charge in [0.1, 0.15) is 0 Å². The molecule has 0 aliphatic carbocycles. The molecule has 1 fully saturated rings. The fourth-order valence-electron chi connectivity index (χ4n) is 1.51. The fraction of sp³-hybridized carbons (Fsp3) is 0.900. The molecule has 0 unspecified atom stereocenters. The third-order valence-electron chi connectivity index (χ3n) is 2.31. The zero-order valence-electron chi connectivity index (χ0n) is 8.60. The predicted molar refractivity (Wildman–Crippen MR) is 53.5 cm³/mol. The van der Waals surface area contributed by atoms with Crippen molar-refractivity contribution in [2.75, 3.05) is 13.1 Å². The maximum Gasteiger partial charge on any atom is 0.237 e. The zero-order chi connectivity index (χ0) is 9.68. The van der Waals surface area contributed by atoms with E-state index in [9.17, 15) is 4.79 Å². The highest BCUT2D eigenvalue weighted by Gasteiger charge is 2.19. The highest BCUT2D eigenvalue weighted by molar-refractivity contribution is 5.81. The summed E-state index contributed by atoms with van der Waals surface area (Å²) in [6.07, 6.45) is 3.25. The summed E-state index contributed by atoms with van der Waals surface area (Å²) in [6, 6.07) is 0.0462. The number of amides is 1. The number of hydrogen-bond acceptors (Lipinski definition) is 2. The van der Waals surface area contributed by atoms with Crippen molar-refractivity contribution < 1.29 is 4.79 Å². The molecule has 1 heterocycles. The summed E-state index contributed by atoms with van der Waals surface area (Å²) in [7, 11) is 0. The topological polar surface area (TPSA) is 41.1 Å². The van der Waals surface area contributed by atoms with E-state index in [0.717, 1.165) is 32.4 Å². The molecule has 2 N–H and O–H groups in total. The molecule has 1 saturated heterocycles. The Morgan fingerprint density at radius 2 is 2.31 bits per heavy atom. The van der Waals surface area contributed by atoms with Gasteiger partial charge in [-0.2, -0.15) is 0 Å². The summed E-state index contributed by atoms with van der Waals surface area (Å²) >= 11 is 0. The van der Waals surface area contributed by atoms with E-state index in [2.05, 4.69) is 24.5 Å². The van der Waals surface area contributed by atoms with Gasteiger partial charge in [0.2, 0.25) is 5.91 Å². The molecular formula is C10H20N2O. The quantitative estimate of drug-likeness (QED) is 0.684. The van der Waals surface area contributed by atoms with Gasteiger partial charge in [-0.15, -0.1) is 0 Å². The molecule has 0 saturated carbocycles. The van der Waals surface area contributed by atoms with Gasteiger partial charge in [0.25, 0.3) is 0 Å². The van der Waals surface area contributed by atoms with Crippen LogP contribution in [0, 0.1) is 5.92 Å². The number of carbonyl (C=O) groups excluding carboxylic acids is 1. The minimum atomic E-state index is 0.0462. The van der Waals surface area contributed by atoms with Gasteiger partial charge < -0.3 is 10.6 Å². The van der Waals surface area contributed by atoms with Crippen LogP contribution >= 0.6 is 0 Å². The average molecular weight is 184 g/mol. The molecule has 0 aromatic heterocycles. The highest BCUT2D eigenvalue weighted by Crippen LogP contribution is 2.05. The average Bonchev–Trinajstić information content (AvgIpc) is 2.27. The first-order valence-corrected chi connectivity index (χ1v) is 5.21. The molecule has 0 aromatic rings. The first-order valence-electron chi connectivity index (χ1n) is 5.21. The van der Waals surface area contributed by atoms with Crippen molar-refractivity contribution in [2.24, 2.45) is 5.92 Å². The minimum Gasteiger partial charge on any atom is -0.355 e. The predicted octanol–water partition coefficient (Wildman–Crippen LogP) is 0.901. The summed E-state index contributed by atoms with van der Waals surface area (Å²) < 4.78 is 0. The zero-order valence-corrected chi connectivity index (χ0v) is 8.60. The molecule has 3 nitrogen and oxygen atoms in total. The Balaban J connectivity index is 2.32. The van der Waals surface area contributed by atoms with E-state index in [-0.39, 0.29) is 11.9 Å². The Kier molecular flexibility index (Phi) is 4.22. The maximum atomic E-state index is 11.5. The maximum absolute atomic E-state index is 11.5. The van der Waals surface area contributed by atoms with Crippen molar-refractivity contribution in [1.82, 2.24) is 10.6 Å². The Hall–Kier alpha value is -0.570. The summed E-state index contributed by atoms with van der Waals surface area (Å²) in [5.74, 6) is 0.786. The molecule has 1 atom stereocenters. The standard InChI is InChI=1S/C10H20N2O/c1-8(2)7-12-9-5-3-4-6-11-10(9)13/h8-9,12H,3-7H2,1-2H3,(H,11,13)/t9-/m0/s1. The van der Waals surface area contributed by atoms with E-state index < -0.39 is 0 Å². The first kappa shape index (κ1) is 10.5. The summed E-state index contributed by atoms with van der Waals surface area (Å²) in [5, 5.41) is 6.22. The molecule has 3 heteroatoms. The van der Waals surface area contributed by atoms with Gasteiger partial charge in [-0.3, -0.25) is 4.79 Å². The Bertz CT molecular complexity index is 168. The van der Waals surface area contributed by atoms with Gasteiger partial charge in [0.05, 0.1) is 6.04 Å². The molecule has 13 heavy (non-hydrogen) atoms. The second-order valence-electron chi connectivity index (χ2n) is 4.14. The highest BCUT2D eigenvalue weighted by atomic mass is 16.2. The lowest BCUT2D eigenvalue weighted by atomic mass is 10.1. The Morgan fingerprint density at radius 3 is 3.00 bits per heavy atom. The molecule has 0 aromatic carbocycles. The van der Waals surface area contributed by atoms with Gasteiger partial charge in [0.15, 0.2) is 0 Å². The van der Waals surface area contributed by atoms with Gasteiger partial charge in [-0.25, -0.2) is 0 Å². The normalized spacial score (nSPS) is 24.2. The summed E-state index contributed by atoms with van der Waals surface area (Å²) in [5.41, 5.74) is 0. The van der Waals surface area contributed by atoms with Gasteiger partial charge in [-0.1, -0.05) is 13.8 Å². The minimum absolute atomic E-state index is 0.0462. The third-order valence-corrected chi connectivity index (χ3v) is 2.31. The molecule has 1 rings (SSSR count). The first-order chi connectivity index (χ1) is 6.20. The van der Waals surface area contributed by atoms with Gasteiger partial charge >= 0.3 is 0 Å². The van der Waals surface area contributed by atoms with E-state index in [1.54, 1.807) is 0 Å². The summed E-state index contributed by atoms with van der Waals surface area (Å²) in [4.78, 5) is 11.5. The van der Waals surface area contributed by atoms with Crippen LogP contribution in [0.15, 0.2) is 0 Å². The molecule has 1 aliphatic heterocycles. The van der Waals surface area contributed by atoms with Crippen molar-refractivity contribution >= 4 is 5.91 Å². The van der Waals surface area contributed by atoms with Crippen molar-refractivity contribution in [3.8, 4) is 0 Å². The van der Waals surface area contributed by atoms with Crippen LogP contribution in [0.5, 0.6) is 0 Å². The van der Waals surface area contributed by atoms with Crippen molar-refractivity contribution in [3.05, 3.63) is 0 Å². The second kappa shape index (κ2) is 5.22. The van der Waals surface area contributed by atoms with Crippen molar-refractivity contribution in [1.29, 1.82) is 0 Å². The smallest absolute Gasteiger partial charge is 0.237 e. The second-order valence-corrected chi connectivity index (χ2v) is 4.14. The monoisotopic (exact) mass is 184 g/mol. The van der Waals surface area contributed by atoms with E-state index in [4.69, 9.17) is 0 Å².